The lowest BCUT2D eigenvalue weighted by atomic mass is 10.2. The number of benzene rings is 2. The molecule has 0 aliphatic rings. The number of nitrogens with zero attached hydrogens (tertiary/aromatic N) is 1. The first-order valence-electron chi connectivity index (χ1n) is 6.82. The van der Waals surface area contributed by atoms with Gasteiger partial charge in [-0.15, -0.1) is 0 Å². The molecule has 0 saturated heterocycles. The summed E-state index contributed by atoms with van der Waals surface area (Å²) in [5.41, 5.74) is 2.41. The Kier molecular flexibility index (Phi) is 3.94. The molecule has 0 aliphatic carbocycles. The summed E-state index contributed by atoms with van der Waals surface area (Å²) in [6.07, 6.45) is 0. The second-order valence-corrected chi connectivity index (χ2v) is 5.30. The molecule has 3 rings (SSSR count). The number of fused-ring (bicyclic) bond motifs is 1. The van der Waals surface area contributed by atoms with Crippen LogP contribution in [0.25, 0.3) is 10.9 Å². The zero-order valence-corrected chi connectivity index (χ0v) is 12.7. The fraction of sp³-hybridized carbons (Fsp3) is 0.0588. The standard InChI is InChI=1S/C17H14ClN3O/c1-11(22)19-13-6-8-14(9-7-13)20-16-10-5-12-3-2-4-15(18)17(12)21-16/h2-10H,1H3,(H,19,22)(H,20,21). The van der Waals surface area contributed by atoms with Gasteiger partial charge in [0, 0.05) is 23.7 Å². The number of rotatable bonds is 3. The Morgan fingerprint density at radius 3 is 2.45 bits per heavy atom. The maximum atomic E-state index is 11.0. The number of para-hydroxylation sites is 1. The summed E-state index contributed by atoms with van der Waals surface area (Å²) in [5.74, 6) is 0.624. The number of pyridine rings is 1. The lowest BCUT2D eigenvalue weighted by molar-refractivity contribution is -0.114. The van der Waals surface area contributed by atoms with Crippen LogP contribution in [0.1, 0.15) is 6.92 Å². The number of hydrogen-bond acceptors (Lipinski definition) is 3. The first kappa shape index (κ1) is 14.4. The third-order valence-electron chi connectivity index (χ3n) is 3.15. The number of halogens is 1. The highest BCUT2D eigenvalue weighted by atomic mass is 35.5. The van der Waals surface area contributed by atoms with E-state index in [1.807, 2.05) is 54.6 Å². The average Bonchev–Trinajstić information content (AvgIpc) is 2.50. The van der Waals surface area contributed by atoms with Gasteiger partial charge < -0.3 is 10.6 Å². The summed E-state index contributed by atoms with van der Waals surface area (Å²) >= 11 is 6.17. The molecule has 0 saturated carbocycles. The van der Waals surface area contributed by atoms with Gasteiger partial charge in [0.2, 0.25) is 5.91 Å². The van der Waals surface area contributed by atoms with Gasteiger partial charge in [-0.25, -0.2) is 4.98 Å². The van der Waals surface area contributed by atoms with Crippen LogP contribution < -0.4 is 10.6 Å². The molecule has 5 heteroatoms. The molecular formula is C17H14ClN3O. The predicted molar refractivity (Wildman–Crippen MR) is 90.8 cm³/mol. The van der Waals surface area contributed by atoms with Crippen LogP contribution in [0.5, 0.6) is 0 Å². The molecule has 0 aliphatic heterocycles. The second kappa shape index (κ2) is 6.03. The first-order chi connectivity index (χ1) is 10.6. The summed E-state index contributed by atoms with van der Waals surface area (Å²) in [5, 5.41) is 7.58. The van der Waals surface area contributed by atoms with Gasteiger partial charge in [-0.3, -0.25) is 4.79 Å². The third-order valence-corrected chi connectivity index (χ3v) is 3.45. The Morgan fingerprint density at radius 2 is 1.73 bits per heavy atom. The van der Waals surface area contributed by atoms with E-state index in [0.717, 1.165) is 22.3 Å². The zero-order valence-electron chi connectivity index (χ0n) is 11.9. The van der Waals surface area contributed by atoms with Gasteiger partial charge in [0.25, 0.3) is 0 Å². The van der Waals surface area contributed by atoms with Gasteiger partial charge in [-0.1, -0.05) is 23.7 Å². The highest BCUT2D eigenvalue weighted by Crippen LogP contribution is 2.24. The van der Waals surface area contributed by atoms with Gasteiger partial charge in [-0.2, -0.15) is 0 Å². The fourth-order valence-corrected chi connectivity index (χ4v) is 2.39. The summed E-state index contributed by atoms with van der Waals surface area (Å²) in [4.78, 5) is 15.5. The van der Waals surface area contributed by atoms with Crippen molar-refractivity contribution in [1.82, 2.24) is 4.98 Å². The van der Waals surface area contributed by atoms with E-state index in [9.17, 15) is 4.79 Å². The highest BCUT2D eigenvalue weighted by molar-refractivity contribution is 6.35. The van der Waals surface area contributed by atoms with Crippen LogP contribution in [0.15, 0.2) is 54.6 Å². The van der Waals surface area contributed by atoms with Crippen LogP contribution in [0.4, 0.5) is 17.2 Å². The van der Waals surface area contributed by atoms with Crippen LogP contribution in [0.2, 0.25) is 5.02 Å². The molecule has 1 amide bonds. The van der Waals surface area contributed by atoms with E-state index in [-0.39, 0.29) is 5.91 Å². The van der Waals surface area contributed by atoms with Crippen molar-refractivity contribution in [3.63, 3.8) is 0 Å². The van der Waals surface area contributed by atoms with Gasteiger partial charge >= 0.3 is 0 Å². The number of anilines is 3. The van der Waals surface area contributed by atoms with Crippen molar-refractivity contribution in [1.29, 1.82) is 0 Å². The average molecular weight is 312 g/mol. The molecule has 1 aromatic heterocycles. The predicted octanol–water partition coefficient (Wildman–Crippen LogP) is 4.59. The topological polar surface area (TPSA) is 54.0 Å². The molecule has 0 atom stereocenters. The van der Waals surface area contributed by atoms with Crippen molar-refractivity contribution in [2.45, 2.75) is 6.92 Å². The monoisotopic (exact) mass is 311 g/mol. The van der Waals surface area contributed by atoms with Crippen LogP contribution in [0, 0.1) is 0 Å². The second-order valence-electron chi connectivity index (χ2n) is 4.89. The zero-order chi connectivity index (χ0) is 15.5. The van der Waals surface area contributed by atoms with E-state index in [1.165, 1.54) is 6.92 Å². The van der Waals surface area contributed by atoms with E-state index in [2.05, 4.69) is 15.6 Å². The van der Waals surface area contributed by atoms with Gasteiger partial charge in [0.15, 0.2) is 0 Å². The lowest BCUT2D eigenvalue weighted by Gasteiger charge is -2.08. The number of nitrogens with one attached hydrogen (secondary N) is 2. The van der Waals surface area contributed by atoms with Gasteiger partial charge in [0.05, 0.1) is 10.5 Å². The minimum absolute atomic E-state index is 0.0912. The fourth-order valence-electron chi connectivity index (χ4n) is 2.17. The Bertz CT molecular complexity index is 831. The Hall–Kier alpha value is -2.59. The summed E-state index contributed by atoms with van der Waals surface area (Å²) in [7, 11) is 0. The quantitative estimate of drug-likeness (QED) is 0.744. The number of aromatic nitrogens is 1. The maximum absolute atomic E-state index is 11.0. The molecule has 2 aromatic carbocycles. The smallest absolute Gasteiger partial charge is 0.221 e. The van der Waals surface area contributed by atoms with E-state index in [1.54, 1.807) is 0 Å². The van der Waals surface area contributed by atoms with E-state index in [4.69, 9.17) is 11.6 Å². The van der Waals surface area contributed by atoms with E-state index < -0.39 is 0 Å². The van der Waals surface area contributed by atoms with E-state index in [0.29, 0.717) is 10.8 Å². The van der Waals surface area contributed by atoms with Crippen molar-refractivity contribution in [3.05, 3.63) is 59.6 Å². The number of carbonyl (C=O) groups excluding carboxylic acids is 1. The normalized spacial score (nSPS) is 10.5. The van der Waals surface area contributed by atoms with Crippen molar-refractivity contribution >= 4 is 45.6 Å². The molecule has 22 heavy (non-hydrogen) atoms. The number of carbonyl (C=O) groups is 1. The molecule has 0 fully saturated rings. The molecule has 2 N–H and O–H groups in total. The summed E-state index contributed by atoms with van der Waals surface area (Å²) in [6, 6.07) is 17.0. The molecule has 3 aromatic rings. The van der Waals surface area contributed by atoms with Crippen LogP contribution in [-0.2, 0) is 4.79 Å². The summed E-state index contributed by atoms with van der Waals surface area (Å²) in [6.45, 7) is 1.48. The Labute approximate surface area is 133 Å². The first-order valence-corrected chi connectivity index (χ1v) is 7.19. The highest BCUT2D eigenvalue weighted by Gasteiger charge is 2.03. The van der Waals surface area contributed by atoms with Gasteiger partial charge in [0.1, 0.15) is 5.82 Å². The minimum atomic E-state index is -0.0912. The van der Waals surface area contributed by atoms with Crippen molar-refractivity contribution in [3.8, 4) is 0 Å². The van der Waals surface area contributed by atoms with Crippen molar-refractivity contribution < 1.29 is 4.79 Å². The van der Waals surface area contributed by atoms with Crippen LogP contribution in [0.3, 0.4) is 0 Å². The molecule has 1 heterocycles. The molecule has 0 radical (unpaired) electrons. The van der Waals surface area contributed by atoms with Gasteiger partial charge in [-0.05, 0) is 42.5 Å². The molecule has 4 nitrogen and oxygen atoms in total. The Balaban J connectivity index is 1.83. The SMILES string of the molecule is CC(=O)Nc1ccc(Nc2ccc3cccc(Cl)c3n2)cc1. The van der Waals surface area contributed by atoms with Crippen LogP contribution in [-0.4, -0.2) is 10.9 Å². The van der Waals surface area contributed by atoms with Crippen molar-refractivity contribution in [2.75, 3.05) is 10.6 Å². The molecule has 0 spiro atoms. The number of hydrogen-bond donors (Lipinski definition) is 2. The van der Waals surface area contributed by atoms with E-state index >= 15 is 0 Å². The number of amides is 1. The molecular weight excluding hydrogens is 298 g/mol. The minimum Gasteiger partial charge on any atom is -0.340 e. The summed E-state index contributed by atoms with van der Waals surface area (Å²) < 4.78 is 0. The van der Waals surface area contributed by atoms with Crippen molar-refractivity contribution in [2.24, 2.45) is 0 Å². The Morgan fingerprint density at radius 1 is 1.00 bits per heavy atom. The maximum Gasteiger partial charge on any atom is 0.221 e. The third kappa shape index (κ3) is 3.18. The lowest BCUT2D eigenvalue weighted by Crippen LogP contribution is -2.05. The molecule has 0 unspecified atom stereocenters. The molecule has 110 valence electrons. The van der Waals surface area contributed by atoms with Crippen LogP contribution >= 0.6 is 11.6 Å². The largest absolute Gasteiger partial charge is 0.340 e. The molecule has 0 bridgehead atoms.